The highest BCUT2D eigenvalue weighted by Gasteiger charge is 2.37. The Bertz CT molecular complexity index is 902. The molecule has 3 atom stereocenters. The molecule has 1 aliphatic heterocycles. The Morgan fingerprint density at radius 2 is 2.17 bits per heavy atom. The molecule has 0 amide bonds. The van der Waals surface area contributed by atoms with Crippen LogP contribution in [0, 0.1) is 0 Å². The van der Waals surface area contributed by atoms with E-state index in [9.17, 15) is 24.1 Å². The smallest absolute Gasteiger partial charge is 0.463 e. The van der Waals surface area contributed by atoms with Crippen molar-refractivity contribution in [1.29, 1.82) is 0 Å². The predicted octanol–water partition coefficient (Wildman–Crippen LogP) is -0.349. The SMILES string of the molecule is CCCCOC(=O)/C=C/c1cn([C@H]2C[C@H](O)[C@@H](COP(=O)(O)O)O2)c(=O)[nH]c1=O. The molecule has 0 bridgehead atoms. The first-order valence-corrected chi connectivity index (χ1v) is 10.4. The molecule has 1 aromatic heterocycles. The maximum atomic E-state index is 12.1. The van der Waals surface area contributed by atoms with Crippen LogP contribution in [-0.2, 0) is 23.4 Å². The summed E-state index contributed by atoms with van der Waals surface area (Å²) < 4.78 is 26.5. The number of ether oxygens (including phenoxy) is 2. The lowest BCUT2D eigenvalue weighted by atomic mass is 10.2. The number of nitrogens with one attached hydrogen (secondary N) is 1. The van der Waals surface area contributed by atoms with Gasteiger partial charge in [0.2, 0.25) is 0 Å². The van der Waals surface area contributed by atoms with E-state index < -0.39 is 50.1 Å². The lowest BCUT2D eigenvalue weighted by molar-refractivity contribution is -0.137. The first-order valence-electron chi connectivity index (χ1n) is 8.84. The molecule has 1 aliphatic rings. The molecule has 1 aromatic rings. The quantitative estimate of drug-likeness (QED) is 0.174. The van der Waals surface area contributed by atoms with Gasteiger partial charge in [-0.05, 0) is 12.5 Å². The molecule has 0 saturated carbocycles. The van der Waals surface area contributed by atoms with E-state index in [4.69, 9.17) is 19.3 Å². The topological polar surface area (TPSA) is 177 Å². The maximum Gasteiger partial charge on any atom is 0.469 e. The van der Waals surface area contributed by atoms with Gasteiger partial charge in [-0.25, -0.2) is 14.2 Å². The number of carbonyl (C=O) groups excluding carboxylic acids is 1. The molecule has 2 heterocycles. The van der Waals surface area contributed by atoms with Gasteiger partial charge in [0, 0.05) is 18.7 Å². The molecule has 0 aliphatic carbocycles. The van der Waals surface area contributed by atoms with Gasteiger partial charge in [0.25, 0.3) is 5.56 Å². The van der Waals surface area contributed by atoms with Crippen molar-refractivity contribution in [3.63, 3.8) is 0 Å². The van der Waals surface area contributed by atoms with Crippen LogP contribution in [-0.4, -0.2) is 55.8 Å². The fourth-order valence-electron chi connectivity index (χ4n) is 2.56. The molecule has 1 fully saturated rings. The van der Waals surface area contributed by atoms with Gasteiger partial charge in [-0.2, -0.15) is 0 Å². The summed E-state index contributed by atoms with van der Waals surface area (Å²) in [5.74, 6) is -0.641. The summed E-state index contributed by atoms with van der Waals surface area (Å²) in [6.07, 6.45) is 1.62. The number of phosphoric acid groups is 1. The summed E-state index contributed by atoms with van der Waals surface area (Å²) in [7, 11) is -4.75. The first-order chi connectivity index (χ1) is 13.6. The van der Waals surface area contributed by atoms with E-state index in [0.717, 1.165) is 23.3 Å². The van der Waals surface area contributed by atoms with Gasteiger partial charge in [-0.3, -0.25) is 18.9 Å². The lowest BCUT2D eigenvalue weighted by Gasteiger charge is -2.16. The van der Waals surface area contributed by atoms with Crippen LogP contribution in [0.25, 0.3) is 6.08 Å². The van der Waals surface area contributed by atoms with Gasteiger partial charge in [-0.1, -0.05) is 13.3 Å². The summed E-state index contributed by atoms with van der Waals surface area (Å²) in [4.78, 5) is 55.2. The van der Waals surface area contributed by atoms with Gasteiger partial charge < -0.3 is 24.4 Å². The number of phosphoric ester groups is 1. The molecule has 162 valence electrons. The summed E-state index contributed by atoms with van der Waals surface area (Å²) >= 11 is 0. The molecule has 0 radical (unpaired) electrons. The third kappa shape index (κ3) is 7.03. The highest BCUT2D eigenvalue weighted by atomic mass is 31.2. The fourth-order valence-corrected chi connectivity index (χ4v) is 2.90. The van der Waals surface area contributed by atoms with Crippen LogP contribution in [0.4, 0.5) is 0 Å². The van der Waals surface area contributed by atoms with Crippen LogP contribution < -0.4 is 11.2 Å². The van der Waals surface area contributed by atoms with Crippen molar-refractivity contribution in [2.75, 3.05) is 13.2 Å². The summed E-state index contributed by atoms with van der Waals surface area (Å²) in [6.45, 7) is 1.61. The lowest BCUT2D eigenvalue weighted by Crippen LogP contribution is -2.33. The predicted molar refractivity (Wildman–Crippen MR) is 98.8 cm³/mol. The number of unbranched alkanes of at least 4 members (excludes halogenated alkanes) is 1. The Morgan fingerprint density at radius 3 is 2.83 bits per heavy atom. The number of hydrogen-bond acceptors (Lipinski definition) is 8. The molecule has 13 heteroatoms. The molecule has 1 saturated heterocycles. The second-order valence-electron chi connectivity index (χ2n) is 6.32. The Hall–Kier alpha value is -2.08. The Morgan fingerprint density at radius 1 is 1.45 bits per heavy atom. The number of hydrogen-bond donors (Lipinski definition) is 4. The molecule has 0 aromatic carbocycles. The van der Waals surface area contributed by atoms with Crippen molar-refractivity contribution < 1.29 is 38.3 Å². The number of aromatic amines is 1. The van der Waals surface area contributed by atoms with E-state index in [2.05, 4.69) is 9.51 Å². The molecule has 0 unspecified atom stereocenters. The highest BCUT2D eigenvalue weighted by molar-refractivity contribution is 7.46. The number of carbonyl (C=O) groups is 1. The summed E-state index contributed by atoms with van der Waals surface area (Å²) in [6, 6.07) is 0. The number of aliphatic hydroxyl groups excluding tert-OH is 1. The van der Waals surface area contributed by atoms with Crippen LogP contribution in [0.1, 0.15) is 38.0 Å². The monoisotopic (exact) mass is 434 g/mol. The normalized spacial score (nSPS) is 22.3. The largest absolute Gasteiger partial charge is 0.469 e. The number of rotatable bonds is 9. The molecular formula is C16H23N2O10P. The van der Waals surface area contributed by atoms with E-state index in [0.29, 0.717) is 6.42 Å². The van der Waals surface area contributed by atoms with Crippen LogP contribution in [0.3, 0.4) is 0 Å². The van der Waals surface area contributed by atoms with Crippen LogP contribution in [0.15, 0.2) is 21.9 Å². The van der Waals surface area contributed by atoms with E-state index >= 15 is 0 Å². The van der Waals surface area contributed by atoms with E-state index in [-0.39, 0.29) is 18.6 Å². The average Bonchev–Trinajstić information content (AvgIpc) is 2.99. The van der Waals surface area contributed by atoms with Gasteiger partial charge in [-0.15, -0.1) is 0 Å². The van der Waals surface area contributed by atoms with Crippen molar-refractivity contribution in [3.05, 3.63) is 38.7 Å². The number of esters is 1. The van der Waals surface area contributed by atoms with E-state index in [1.807, 2.05) is 6.92 Å². The average molecular weight is 434 g/mol. The zero-order valence-electron chi connectivity index (χ0n) is 15.6. The van der Waals surface area contributed by atoms with Crippen molar-refractivity contribution in [2.24, 2.45) is 0 Å². The third-order valence-electron chi connectivity index (χ3n) is 4.06. The minimum Gasteiger partial charge on any atom is -0.463 e. The zero-order chi connectivity index (χ0) is 21.6. The summed E-state index contributed by atoms with van der Waals surface area (Å²) in [5, 5.41) is 9.99. The minimum atomic E-state index is -4.75. The minimum absolute atomic E-state index is 0.0231. The van der Waals surface area contributed by atoms with Gasteiger partial charge >= 0.3 is 19.5 Å². The standard InChI is InChI=1S/C16H23N2O10P/c1-2-3-6-26-14(20)5-4-10-8-18(16(22)17-15(10)21)13-7-11(19)12(28-13)9-27-29(23,24)25/h4-5,8,11-13,19H,2-3,6-7,9H2,1H3,(H,17,21,22)(H2,23,24,25)/b5-4+/t11-,12+,13+/m0/s1. The van der Waals surface area contributed by atoms with Crippen LogP contribution >= 0.6 is 7.82 Å². The van der Waals surface area contributed by atoms with Crippen molar-refractivity contribution in [3.8, 4) is 0 Å². The van der Waals surface area contributed by atoms with Crippen molar-refractivity contribution in [2.45, 2.75) is 44.6 Å². The third-order valence-corrected chi connectivity index (χ3v) is 4.54. The van der Waals surface area contributed by atoms with Crippen LogP contribution in [0.2, 0.25) is 0 Å². The van der Waals surface area contributed by atoms with E-state index in [1.54, 1.807) is 0 Å². The molecule has 29 heavy (non-hydrogen) atoms. The number of nitrogens with zero attached hydrogens (tertiary/aromatic N) is 1. The van der Waals surface area contributed by atoms with Crippen molar-refractivity contribution in [1.82, 2.24) is 9.55 Å². The van der Waals surface area contributed by atoms with Gasteiger partial charge in [0.15, 0.2) is 0 Å². The molecule has 0 spiro atoms. The fraction of sp³-hybridized carbons (Fsp3) is 0.562. The van der Waals surface area contributed by atoms with Crippen molar-refractivity contribution >= 4 is 19.9 Å². The second kappa shape index (κ2) is 10.1. The Kier molecular flexibility index (Phi) is 8.08. The zero-order valence-corrected chi connectivity index (χ0v) is 16.5. The Balaban J connectivity index is 2.13. The number of aromatic nitrogens is 2. The first kappa shape index (κ1) is 23.2. The van der Waals surface area contributed by atoms with E-state index in [1.165, 1.54) is 6.08 Å². The molecule has 4 N–H and O–H groups in total. The van der Waals surface area contributed by atoms with Crippen LogP contribution in [0.5, 0.6) is 0 Å². The number of aliphatic hydroxyl groups is 1. The molecule has 2 rings (SSSR count). The molecular weight excluding hydrogens is 411 g/mol. The Labute approximate surface area is 165 Å². The maximum absolute atomic E-state index is 12.1. The summed E-state index contributed by atoms with van der Waals surface area (Å²) in [5.41, 5.74) is -1.57. The second-order valence-corrected chi connectivity index (χ2v) is 7.56. The molecule has 12 nitrogen and oxygen atoms in total. The van der Waals surface area contributed by atoms with Gasteiger partial charge in [0.05, 0.1) is 24.9 Å². The number of H-pyrrole nitrogens is 1. The highest BCUT2D eigenvalue weighted by Crippen LogP contribution is 2.38. The van der Waals surface area contributed by atoms with Gasteiger partial charge in [0.1, 0.15) is 12.3 Å².